The molecule has 2 aromatic rings. The van der Waals surface area contributed by atoms with E-state index in [4.69, 9.17) is 0 Å². The van der Waals surface area contributed by atoms with Crippen molar-refractivity contribution in [2.75, 3.05) is 25.0 Å². The number of rotatable bonds is 7. The van der Waals surface area contributed by atoms with Crippen molar-refractivity contribution in [2.24, 2.45) is 0 Å². The number of phenolic OH excluding ortho intramolecular Hbond substituents is 1. The third-order valence-corrected chi connectivity index (χ3v) is 3.84. The van der Waals surface area contributed by atoms with E-state index in [-0.39, 0.29) is 0 Å². The minimum Gasteiger partial charge on any atom is -0.508 e. The summed E-state index contributed by atoms with van der Waals surface area (Å²) < 4.78 is 0. The standard InChI is InChI=1S/C19H26N2O/c1-14-12-15(2)19(16(3)13-14)21-11-10-20-9-8-17-6-4-5-7-18(17)22/h4-7,12-13,20-22H,8-11H2,1-3H3. The zero-order valence-corrected chi connectivity index (χ0v) is 13.7. The molecule has 22 heavy (non-hydrogen) atoms. The molecule has 0 aliphatic carbocycles. The van der Waals surface area contributed by atoms with Crippen LogP contribution in [0.25, 0.3) is 0 Å². The number of nitrogens with one attached hydrogen (secondary N) is 2. The van der Waals surface area contributed by atoms with Gasteiger partial charge in [0, 0.05) is 18.8 Å². The molecule has 2 aromatic carbocycles. The van der Waals surface area contributed by atoms with Gasteiger partial charge < -0.3 is 15.7 Å². The van der Waals surface area contributed by atoms with Crippen LogP contribution in [0.4, 0.5) is 5.69 Å². The Hall–Kier alpha value is -2.00. The Morgan fingerprint density at radius 1 is 0.909 bits per heavy atom. The van der Waals surface area contributed by atoms with Crippen molar-refractivity contribution in [3.63, 3.8) is 0 Å². The fourth-order valence-electron chi connectivity index (χ4n) is 2.81. The van der Waals surface area contributed by atoms with Crippen LogP contribution in [-0.4, -0.2) is 24.7 Å². The summed E-state index contributed by atoms with van der Waals surface area (Å²) in [5, 5.41) is 16.6. The largest absolute Gasteiger partial charge is 0.508 e. The van der Waals surface area contributed by atoms with Crippen LogP contribution >= 0.6 is 0 Å². The topological polar surface area (TPSA) is 44.3 Å². The van der Waals surface area contributed by atoms with Crippen LogP contribution < -0.4 is 10.6 Å². The molecule has 0 heterocycles. The van der Waals surface area contributed by atoms with Crippen molar-refractivity contribution in [1.82, 2.24) is 5.32 Å². The maximum Gasteiger partial charge on any atom is 0.118 e. The van der Waals surface area contributed by atoms with E-state index in [9.17, 15) is 5.11 Å². The number of hydrogen-bond acceptors (Lipinski definition) is 3. The van der Waals surface area contributed by atoms with Crippen molar-refractivity contribution in [3.8, 4) is 5.75 Å². The van der Waals surface area contributed by atoms with Gasteiger partial charge in [0.1, 0.15) is 5.75 Å². The van der Waals surface area contributed by atoms with E-state index in [0.29, 0.717) is 5.75 Å². The fourth-order valence-corrected chi connectivity index (χ4v) is 2.81. The smallest absolute Gasteiger partial charge is 0.118 e. The highest BCUT2D eigenvalue weighted by atomic mass is 16.3. The Bertz CT molecular complexity index is 600. The maximum absolute atomic E-state index is 9.71. The van der Waals surface area contributed by atoms with Crippen LogP contribution in [0.3, 0.4) is 0 Å². The van der Waals surface area contributed by atoms with Crippen LogP contribution in [0.5, 0.6) is 5.75 Å². The normalized spacial score (nSPS) is 10.7. The highest BCUT2D eigenvalue weighted by Gasteiger charge is 2.03. The number of aromatic hydroxyl groups is 1. The van der Waals surface area contributed by atoms with Crippen molar-refractivity contribution in [3.05, 3.63) is 58.7 Å². The van der Waals surface area contributed by atoms with Crippen LogP contribution in [-0.2, 0) is 6.42 Å². The third-order valence-electron chi connectivity index (χ3n) is 3.84. The summed E-state index contributed by atoms with van der Waals surface area (Å²) in [5.74, 6) is 0.383. The lowest BCUT2D eigenvalue weighted by molar-refractivity contribution is 0.467. The van der Waals surface area contributed by atoms with E-state index in [2.05, 4.69) is 43.5 Å². The molecule has 118 valence electrons. The molecule has 0 aliphatic heterocycles. The molecule has 0 amide bonds. The zero-order chi connectivity index (χ0) is 15.9. The number of para-hydroxylation sites is 1. The third kappa shape index (κ3) is 4.50. The molecule has 2 rings (SSSR count). The van der Waals surface area contributed by atoms with Crippen LogP contribution in [0.15, 0.2) is 36.4 Å². The zero-order valence-electron chi connectivity index (χ0n) is 13.7. The van der Waals surface area contributed by atoms with Crippen molar-refractivity contribution in [1.29, 1.82) is 0 Å². The quantitative estimate of drug-likeness (QED) is 0.685. The summed E-state index contributed by atoms with van der Waals surface area (Å²) in [4.78, 5) is 0. The van der Waals surface area contributed by atoms with Gasteiger partial charge in [-0.05, 0) is 56.5 Å². The van der Waals surface area contributed by atoms with Gasteiger partial charge >= 0.3 is 0 Å². The van der Waals surface area contributed by atoms with E-state index in [1.807, 2.05) is 18.2 Å². The van der Waals surface area contributed by atoms with Crippen LogP contribution in [0.2, 0.25) is 0 Å². The molecule has 0 atom stereocenters. The Morgan fingerprint density at radius 2 is 1.59 bits per heavy atom. The first-order chi connectivity index (χ1) is 10.6. The molecule has 0 aliphatic rings. The van der Waals surface area contributed by atoms with Gasteiger partial charge in [0.2, 0.25) is 0 Å². The molecule has 3 N–H and O–H groups in total. The van der Waals surface area contributed by atoms with Crippen LogP contribution in [0.1, 0.15) is 22.3 Å². The molecular formula is C19H26N2O. The van der Waals surface area contributed by atoms with Gasteiger partial charge in [-0.2, -0.15) is 0 Å². The first-order valence-electron chi connectivity index (χ1n) is 7.87. The summed E-state index contributed by atoms with van der Waals surface area (Å²) in [6, 6.07) is 11.9. The van der Waals surface area contributed by atoms with Gasteiger partial charge in [0.25, 0.3) is 0 Å². The minimum absolute atomic E-state index is 0.383. The monoisotopic (exact) mass is 298 g/mol. The van der Waals surface area contributed by atoms with E-state index < -0.39 is 0 Å². The molecule has 0 saturated carbocycles. The van der Waals surface area contributed by atoms with Gasteiger partial charge in [-0.3, -0.25) is 0 Å². The van der Waals surface area contributed by atoms with Crippen LogP contribution in [0, 0.1) is 20.8 Å². The molecule has 0 bridgehead atoms. The second-order valence-electron chi connectivity index (χ2n) is 5.83. The fraction of sp³-hybridized carbons (Fsp3) is 0.368. The van der Waals surface area contributed by atoms with Crippen molar-refractivity contribution >= 4 is 5.69 Å². The minimum atomic E-state index is 0.383. The lowest BCUT2D eigenvalue weighted by Crippen LogP contribution is -2.24. The second kappa shape index (κ2) is 7.85. The van der Waals surface area contributed by atoms with E-state index in [1.54, 1.807) is 6.07 Å². The Kier molecular flexibility index (Phi) is 5.84. The number of aryl methyl sites for hydroxylation is 3. The van der Waals surface area contributed by atoms with Gasteiger partial charge in [-0.1, -0.05) is 35.9 Å². The maximum atomic E-state index is 9.71. The Morgan fingerprint density at radius 3 is 2.27 bits per heavy atom. The summed E-state index contributed by atoms with van der Waals surface area (Å²) in [6.45, 7) is 9.09. The van der Waals surface area contributed by atoms with Gasteiger partial charge in [-0.15, -0.1) is 0 Å². The van der Waals surface area contributed by atoms with Crippen molar-refractivity contribution in [2.45, 2.75) is 27.2 Å². The summed E-state index contributed by atoms with van der Waals surface area (Å²) >= 11 is 0. The van der Waals surface area contributed by atoms with E-state index in [0.717, 1.165) is 31.6 Å². The van der Waals surface area contributed by atoms with Gasteiger partial charge in [-0.25, -0.2) is 0 Å². The predicted molar refractivity (Wildman–Crippen MR) is 93.8 cm³/mol. The summed E-state index contributed by atoms with van der Waals surface area (Å²) in [6.07, 6.45) is 0.843. The molecule has 0 unspecified atom stereocenters. The number of anilines is 1. The predicted octanol–water partition coefficient (Wildman–Crippen LogP) is 3.56. The molecule has 0 fully saturated rings. The molecule has 3 heteroatoms. The highest BCUT2D eigenvalue weighted by molar-refractivity contribution is 5.58. The summed E-state index contributed by atoms with van der Waals surface area (Å²) in [5.41, 5.74) is 6.14. The average molecular weight is 298 g/mol. The highest BCUT2D eigenvalue weighted by Crippen LogP contribution is 2.21. The van der Waals surface area contributed by atoms with E-state index >= 15 is 0 Å². The first-order valence-corrected chi connectivity index (χ1v) is 7.87. The van der Waals surface area contributed by atoms with Crippen molar-refractivity contribution < 1.29 is 5.11 Å². The molecule has 0 saturated heterocycles. The van der Waals surface area contributed by atoms with Gasteiger partial charge in [0.15, 0.2) is 0 Å². The SMILES string of the molecule is Cc1cc(C)c(NCCNCCc2ccccc2O)c(C)c1. The number of benzene rings is 2. The summed E-state index contributed by atoms with van der Waals surface area (Å²) in [7, 11) is 0. The average Bonchev–Trinajstić information content (AvgIpc) is 2.46. The lowest BCUT2D eigenvalue weighted by atomic mass is 10.1. The molecule has 3 nitrogen and oxygen atoms in total. The number of hydrogen-bond donors (Lipinski definition) is 3. The molecule has 0 aromatic heterocycles. The second-order valence-corrected chi connectivity index (χ2v) is 5.83. The Balaban J connectivity index is 1.71. The molecule has 0 radical (unpaired) electrons. The first kappa shape index (κ1) is 16.4. The lowest BCUT2D eigenvalue weighted by Gasteiger charge is -2.14. The van der Waals surface area contributed by atoms with Gasteiger partial charge in [0.05, 0.1) is 0 Å². The Labute approximate surface area is 133 Å². The number of phenols is 1. The molecule has 0 spiro atoms. The van der Waals surface area contributed by atoms with E-state index in [1.165, 1.54) is 22.4 Å². The molecular weight excluding hydrogens is 272 g/mol.